The minimum atomic E-state index is -1.12. The smallest absolute Gasteiger partial charge is 0.303 e. The highest BCUT2D eigenvalue weighted by molar-refractivity contribution is 5.83. The number of aryl methyl sites for hydroxylation is 2. The maximum Gasteiger partial charge on any atom is 0.303 e. The number of methoxy groups -OCH3 is 1. The van der Waals surface area contributed by atoms with Crippen molar-refractivity contribution >= 4 is 16.9 Å². The first-order valence-corrected chi connectivity index (χ1v) is 13.5. The number of alkyl halides is 1. The predicted octanol–water partition coefficient (Wildman–Crippen LogP) is 6.78. The van der Waals surface area contributed by atoms with Crippen molar-refractivity contribution in [3.63, 3.8) is 0 Å². The van der Waals surface area contributed by atoms with Gasteiger partial charge in [-0.15, -0.1) is 0 Å². The van der Waals surface area contributed by atoms with Gasteiger partial charge >= 0.3 is 5.97 Å². The number of pyridine rings is 1. The maximum absolute atomic E-state index is 15.5. The molecule has 0 radical (unpaired) electrons. The van der Waals surface area contributed by atoms with Gasteiger partial charge in [0.2, 0.25) is 0 Å². The lowest BCUT2D eigenvalue weighted by Crippen LogP contribution is -2.41. The number of carboxylic acid groups (broad SMARTS) is 1. The largest absolute Gasteiger partial charge is 0.497 e. The fourth-order valence-corrected chi connectivity index (χ4v) is 5.68. The quantitative estimate of drug-likeness (QED) is 0.274. The van der Waals surface area contributed by atoms with E-state index in [1.54, 1.807) is 19.4 Å². The summed E-state index contributed by atoms with van der Waals surface area (Å²) in [6.07, 6.45) is 5.98. The van der Waals surface area contributed by atoms with Crippen molar-refractivity contribution in [1.82, 2.24) is 9.88 Å². The number of carbonyl (C=O) groups is 1. The van der Waals surface area contributed by atoms with E-state index in [4.69, 9.17) is 4.74 Å². The third-order valence-electron chi connectivity index (χ3n) is 7.83. The first-order valence-electron chi connectivity index (χ1n) is 13.5. The van der Waals surface area contributed by atoms with Crippen molar-refractivity contribution in [3.8, 4) is 5.75 Å². The van der Waals surface area contributed by atoms with Crippen LogP contribution in [0.15, 0.2) is 54.7 Å². The van der Waals surface area contributed by atoms with Crippen LogP contribution in [0.2, 0.25) is 0 Å². The highest BCUT2D eigenvalue weighted by Gasteiger charge is 2.31. The number of hydrogen-bond donors (Lipinski definition) is 1. The molecule has 1 aromatic heterocycles. The molecule has 1 N–H and O–H groups in total. The summed E-state index contributed by atoms with van der Waals surface area (Å²) in [5.41, 5.74) is 4.03. The molecule has 5 nitrogen and oxygen atoms in total. The molecule has 0 amide bonds. The van der Waals surface area contributed by atoms with Gasteiger partial charge in [0.1, 0.15) is 11.9 Å². The van der Waals surface area contributed by atoms with E-state index >= 15 is 4.39 Å². The van der Waals surface area contributed by atoms with Gasteiger partial charge in [-0.2, -0.15) is 0 Å². The summed E-state index contributed by atoms with van der Waals surface area (Å²) in [7, 11) is 1.60. The molecular weight excluding hydrogens is 467 g/mol. The Labute approximate surface area is 219 Å². The Morgan fingerprint density at radius 1 is 1.16 bits per heavy atom. The van der Waals surface area contributed by atoms with Crippen LogP contribution < -0.4 is 4.74 Å². The molecule has 4 rings (SSSR count). The van der Waals surface area contributed by atoms with Gasteiger partial charge in [-0.25, -0.2) is 4.39 Å². The van der Waals surface area contributed by atoms with Crippen molar-refractivity contribution in [3.05, 3.63) is 71.4 Å². The Balaban J connectivity index is 1.30. The number of halogens is 1. The first-order chi connectivity index (χ1) is 17.9. The van der Waals surface area contributed by atoms with Gasteiger partial charge in [0.25, 0.3) is 0 Å². The van der Waals surface area contributed by atoms with E-state index in [0.29, 0.717) is 24.2 Å². The van der Waals surface area contributed by atoms with E-state index < -0.39 is 12.1 Å². The Bertz CT molecular complexity index is 1170. The summed E-state index contributed by atoms with van der Waals surface area (Å²) < 4.78 is 20.8. The number of rotatable bonds is 12. The summed E-state index contributed by atoms with van der Waals surface area (Å²) in [5, 5.41) is 10.3. The van der Waals surface area contributed by atoms with Crippen LogP contribution in [0.3, 0.4) is 0 Å². The van der Waals surface area contributed by atoms with Gasteiger partial charge in [0.05, 0.1) is 12.6 Å². The highest BCUT2D eigenvalue weighted by Crippen LogP contribution is 2.36. The third-order valence-corrected chi connectivity index (χ3v) is 7.83. The number of unbranched alkanes of at least 4 members (excludes halogenated alkanes) is 1. The Kier molecular flexibility index (Phi) is 9.51. The third kappa shape index (κ3) is 7.51. The van der Waals surface area contributed by atoms with Crippen molar-refractivity contribution in [2.75, 3.05) is 26.7 Å². The van der Waals surface area contributed by atoms with Gasteiger partial charge in [-0.1, -0.05) is 29.8 Å². The van der Waals surface area contributed by atoms with Crippen molar-refractivity contribution in [2.45, 2.75) is 58.0 Å². The lowest BCUT2D eigenvalue weighted by Gasteiger charge is -2.38. The van der Waals surface area contributed by atoms with Gasteiger partial charge in [-0.05, 0) is 106 Å². The number of nitrogens with zero attached hydrogens (tertiary/aromatic N) is 2. The van der Waals surface area contributed by atoms with Gasteiger partial charge in [0.15, 0.2) is 0 Å². The van der Waals surface area contributed by atoms with Crippen LogP contribution in [0.5, 0.6) is 5.75 Å². The molecule has 3 atom stereocenters. The topological polar surface area (TPSA) is 62.7 Å². The summed E-state index contributed by atoms with van der Waals surface area (Å²) in [4.78, 5) is 18.4. The standard InChI is InChI=1S/C31H39FN2O3/c1-22-6-8-23(9-7-22)5-3-4-17-34-18-15-24(25(21-34)19-31(35)36)10-12-29(32)27-14-16-33-30-13-11-26(37-2)20-28(27)30/h6-9,11,13-14,16,20,24-25,29H,3-5,10,12,15,17-19,21H2,1-2H3,(H,35,36). The van der Waals surface area contributed by atoms with Crippen LogP contribution in [-0.2, 0) is 11.2 Å². The second-order valence-corrected chi connectivity index (χ2v) is 10.5. The molecule has 37 heavy (non-hydrogen) atoms. The molecule has 1 aliphatic heterocycles. The molecule has 0 spiro atoms. The molecule has 3 aromatic rings. The molecule has 1 fully saturated rings. The average molecular weight is 507 g/mol. The minimum absolute atomic E-state index is 0.0600. The zero-order chi connectivity index (χ0) is 26.2. The van der Waals surface area contributed by atoms with E-state index in [2.05, 4.69) is 41.1 Å². The van der Waals surface area contributed by atoms with Gasteiger partial charge in [0, 0.05) is 24.5 Å². The zero-order valence-corrected chi connectivity index (χ0v) is 22.0. The summed E-state index contributed by atoms with van der Waals surface area (Å²) in [5.74, 6) is 0.201. The lowest BCUT2D eigenvalue weighted by molar-refractivity contribution is -0.139. The molecule has 198 valence electrons. The zero-order valence-electron chi connectivity index (χ0n) is 22.0. The maximum atomic E-state index is 15.5. The van der Waals surface area contributed by atoms with Crippen molar-refractivity contribution in [2.24, 2.45) is 11.8 Å². The van der Waals surface area contributed by atoms with E-state index in [1.165, 1.54) is 11.1 Å². The molecule has 6 heteroatoms. The minimum Gasteiger partial charge on any atom is -0.497 e. The summed E-state index contributed by atoms with van der Waals surface area (Å²) in [6, 6.07) is 16.0. The summed E-state index contributed by atoms with van der Waals surface area (Å²) in [6.45, 7) is 4.84. The molecule has 0 aliphatic carbocycles. The number of aromatic nitrogens is 1. The molecule has 2 aromatic carbocycles. The van der Waals surface area contributed by atoms with E-state index in [0.717, 1.165) is 56.2 Å². The Morgan fingerprint density at radius 2 is 1.97 bits per heavy atom. The molecule has 2 heterocycles. The van der Waals surface area contributed by atoms with Crippen LogP contribution >= 0.6 is 0 Å². The molecule has 3 unspecified atom stereocenters. The second-order valence-electron chi connectivity index (χ2n) is 10.5. The highest BCUT2D eigenvalue weighted by atomic mass is 19.1. The van der Waals surface area contributed by atoms with Crippen molar-refractivity contribution < 1.29 is 19.0 Å². The number of fused-ring (bicyclic) bond motifs is 1. The lowest BCUT2D eigenvalue weighted by atomic mass is 9.79. The van der Waals surface area contributed by atoms with Crippen molar-refractivity contribution in [1.29, 1.82) is 0 Å². The SMILES string of the molecule is COc1ccc2nccc(C(F)CCC3CCN(CCCCc4ccc(C)cc4)CC3CC(=O)O)c2c1. The van der Waals surface area contributed by atoms with E-state index in [1.807, 2.05) is 18.2 Å². The number of hydrogen-bond acceptors (Lipinski definition) is 4. The average Bonchev–Trinajstić information content (AvgIpc) is 2.90. The van der Waals surface area contributed by atoms with Crippen LogP contribution in [0.25, 0.3) is 10.9 Å². The first kappa shape index (κ1) is 27.1. The number of piperidine rings is 1. The van der Waals surface area contributed by atoms with Crippen LogP contribution in [0.1, 0.15) is 61.4 Å². The molecular formula is C31H39FN2O3. The van der Waals surface area contributed by atoms with Gasteiger partial charge < -0.3 is 14.7 Å². The second kappa shape index (κ2) is 13.0. The summed E-state index contributed by atoms with van der Waals surface area (Å²) >= 11 is 0. The monoisotopic (exact) mass is 506 g/mol. The van der Waals surface area contributed by atoms with Gasteiger partial charge in [-0.3, -0.25) is 9.78 Å². The fourth-order valence-electron chi connectivity index (χ4n) is 5.68. The Hall–Kier alpha value is -2.99. The molecule has 1 saturated heterocycles. The predicted molar refractivity (Wildman–Crippen MR) is 146 cm³/mol. The number of aliphatic carboxylic acids is 1. The fraction of sp³-hybridized carbons (Fsp3) is 0.484. The van der Waals surface area contributed by atoms with Crippen LogP contribution in [0, 0.1) is 18.8 Å². The molecule has 0 bridgehead atoms. The van der Waals surface area contributed by atoms with Crippen LogP contribution in [0.4, 0.5) is 4.39 Å². The number of benzene rings is 2. The van der Waals surface area contributed by atoms with E-state index in [-0.39, 0.29) is 18.3 Å². The number of carboxylic acids is 1. The van der Waals surface area contributed by atoms with E-state index in [9.17, 15) is 9.90 Å². The molecule has 0 saturated carbocycles. The Morgan fingerprint density at radius 3 is 2.73 bits per heavy atom. The number of likely N-dealkylation sites (tertiary alicyclic amines) is 1. The number of ether oxygens (including phenoxy) is 1. The molecule has 1 aliphatic rings. The normalized spacial score (nSPS) is 19.1. The van der Waals surface area contributed by atoms with Crippen LogP contribution in [-0.4, -0.2) is 47.7 Å².